The lowest BCUT2D eigenvalue weighted by Gasteiger charge is -2.28. The normalized spacial score (nSPS) is 22.9. The summed E-state index contributed by atoms with van der Waals surface area (Å²) in [5.41, 5.74) is 2.56. The standard InChI is InChI=1S/C14H21N5S/c1-8-4-3-5-10(6-8)16-12-11-7-9(2)20-13(11)18-14(17-12)19-15/h7-8,10H,3-6,15H2,1-2H3,(H2,16,17,18,19). The topological polar surface area (TPSA) is 75.9 Å². The van der Waals surface area contributed by atoms with Crippen LogP contribution in [-0.4, -0.2) is 16.0 Å². The second-order valence-corrected chi connectivity index (χ2v) is 6.96. The van der Waals surface area contributed by atoms with Crippen molar-refractivity contribution in [2.75, 3.05) is 10.7 Å². The zero-order valence-corrected chi connectivity index (χ0v) is 12.8. The zero-order valence-electron chi connectivity index (χ0n) is 11.9. The van der Waals surface area contributed by atoms with Crippen LogP contribution < -0.4 is 16.6 Å². The Balaban J connectivity index is 1.92. The van der Waals surface area contributed by atoms with Gasteiger partial charge in [0, 0.05) is 10.9 Å². The monoisotopic (exact) mass is 291 g/mol. The number of hydrogen-bond acceptors (Lipinski definition) is 6. The molecule has 108 valence electrons. The van der Waals surface area contributed by atoms with Crippen molar-refractivity contribution in [2.24, 2.45) is 11.8 Å². The number of rotatable bonds is 3. The minimum atomic E-state index is 0.478. The van der Waals surface area contributed by atoms with Gasteiger partial charge in [-0.15, -0.1) is 11.3 Å². The lowest BCUT2D eigenvalue weighted by Crippen LogP contribution is -2.27. The summed E-state index contributed by atoms with van der Waals surface area (Å²) in [6, 6.07) is 2.65. The molecule has 1 aliphatic rings. The summed E-state index contributed by atoms with van der Waals surface area (Å²) in [4.78, 5) is 11.1. The number of aromatic nitrogens is 2. The van der Waals surface area contributed by atoms with Crippen LogP contribution in [0.4, 0.5) is 11.8 Å². The maximum absolute atomic E-state index is 5.47. The largest absolute Gasteiger partial charge is 0.367 e. The van der Waals surface area contributed by atoms with Crippen LogP contribution >= 0.6 is 11.3 Å². The molecule has 3 rings (SSSR count). The number of thiophene rings is 1. The SMILES string of the molecule is Cc1cc2c(NC3CCCC(C)C3)nc(NN)nc2s1. The first-order chi connectivity index (χ1) is 9.65. The predicted octanol–water partition coefficient (Wildman–Crippen LogP) is 3.28. The Hall–Kier alpha value is -1.40. The van der Waals surface area contributed by atoms with Crippen LogP contribution in [-0.2, 0) is 0 Å². The van der Waals surface area contributed by atoms with E-state index in [0.717, 1.165) is 22.0 Å². The Morgan fingerprint density at radius 1 is 1.35 bits per heavy atom. The van der Waals surface area contributed by atoms with Gasteiger partial charge in [-0.05, 0) is 31.7 Å². The molecule has 0 aliphatic heterocycles. The quantitative estimate of drug-likeness (QED) is 0.597. The molecule has 1 fully saturated rings. The highest BCUT2D eigenvalue weighted by molar-refractivity contribution is 7.18. The van der Waals surface area contributed by atoms with Crippen molar-refractivity contribution in [1.29, 1.82) is 0 Å². The summed E-state index contributed by atoms with van der Waals surface area (Å²) in [7, 11) is 0. The third kappa shape index (κ3) is 2.71. The Labute approximate surface area is 123 Å². The van der Waals surface area contributed by atoms with Crippen molar-refractivity contribution in [2.45, 2.75) is 45.6 Å². The maximum Gasteiger partial charge on any atom is 0.240 e. The molecule has 0 aromatic carbocycles. The maximum atomic E-state index is 5.47. The van der Waals surface area contributed by atoms with Crippen LogP contribution in [0.3, 0.4) is 0 Å². The predicted molar refractivity (Wildman–Crippen MR) is 85.0 cm³/mol. The Bertz CT molecular complexity index is 609. The molecule has 2 unspecified atom stereocenters. The zero-order chi connectivity index (χ0) is 14.1. The van der Waals surface area contributed by atoms with Gasteiger partial charge in [0.15, 0.2) is 0 Å². The second-order valence-electron chi connectivity index (χ2n) is 5.73. The third-order valence-corrected chi connectivity index (χ3v) is 4.87. The van der Waals surface area contributed by atoms with E-state index in [2.05, 4.69) is 40.6 Å². The van der Waals surface area contributed by atoms with Gasteiger partial charge < -0.3 is 5.32 Å². The molecule has 1 aliphatic carbocycles. The number of aryl methyl sites for hydroxylation is 1. The molecule has 0 radical (unpaired) electrons. The number of anilines is 2. The van der Waals surface area contributed by atoms with Gasteiger partial charge >= 0.3 is 0 Å². The molecule has 2 aromatic rings. The molecule has 2 aromatic heterocycles. The van der Waals surface area contributed by atoms with E-state index < -0.39 is 0 Å². The highest BCUT2D eigenvalue weighted by Gasteiger charge is 2.20. The van der Waals surface area contributed by atoms with E-state index in [1.54, 1.807) is 11.3 Å². The molecule has 20 heavy (non-hydrogen) atoms. The average molecular weight is 291 g/mol. The van der Waals surface area contributed by atoms with Gasteiger partial charge in [0.25, 0.3) is 0 Å². The van der Waals surface area contributed by atoms with Gasteiger partial charge in [0.2, 0.25) is 5.95 Å². The van der Waals surface area contributed by atoms with Crippen molar-refractivity contribution in [1.82, 2.24) is 9.97 Å². The summed E-state index contributed by atoms with van der Waals surface area (Å²) >= 11 is 1.67. The Kier molecular flexibility index (Phi) is 3.76. The van der Waals surface area contributed by atoms with Crippen molar-refractivity contribution in [3.8, 4) is 0 Å². The number of nitrogens with one attached hydrogen (secondary N) is 2. The lowest BCUT2D eigenvalue weighted by atomic mass is 9.87. The molecule has 6 heteroatoms. The van der Waals surface area contributed by atoms with Crippen molar-refractivity contribution in [3.05, 3.63) is 10.9 Å². The van der Waals surface area contributed by atoms with Gasteiger partial charge in [0.1, 0.15) is 10.6 Å². The Morgan fingerprint density at radius 3 is 2.95 bits per heavy atom. The number of fused-ring (bicyclic) bond motifs is 1. The van der Waals surface area contributed by atoms with Crippen LogP contribution in [0.25, 0.3) is 10.2 Å². The van der Waals surface area contributed by atoms with E-state index in [1.807, 2.05) is 0 Å². The van der Waals surface area contributed by atoms with E-state index in [4.69, 9.17) is 5.84 Å². The van der Waals surface area contributed by atoms with Crippen LogP contribution in [0.5, 0.6) is 0 Å². The van der Waals surface area contributed by atoms with Gasteiger partial charge in [-0.25, -0.2) is 10.8 Å². The van der Waals surface area contributed by atoms with Crippen LogP contribution in [0.1, 0.15) is 37.5 Å². The second kappa shape index (κ2) is 5.54. The van der Waals surface area contributed by atoms with Gasteiger partial charge in [0.05, 0.1) is 5.39 Å². The summed E-state index contributed by atoms with van der Waals surface area (Å²) in [6.07, 6.45) is 5.05. The molecule has 2 heterocycles. The van der Waals surface area contributed by atoms with E-state index in [0.29, 0.717) is 12.0 Å². The summed E-state index contributed by atoms with van der Waals surface area (Å²) in [5.74, 6) is 7.65. The van der Waals surface area contributed by atoms with Crippen LogP contribution in [0.15, 0.2) is 6.07 Å². The van der Waals surface area contributed by atoms with E-state index in [-0.39, 0.29) is 0 Å². The van der Waals surface area contributed by atoms with Crippen molar-refractivity contribution >= 4 is 33.3 Å². The van der Waals surface area contributed by atoms with Gasteiger partial charge in [-0.3, -0.25) is 5.43 Å². The lowest BCUT2D eigenvalue weighted by molar-refractivity contribution is 0.358. The van der Waals surface area contributed by atoms with Crippen LogP contribution in [0, 0.1) is 12.8 Å². The summed E-state index contributed by atoms with van der Waals surface area (Å²) < 4.78 is 0. The van der Waals surface area contributed by atoms with Crippen LogP contribution in [0.2, 0.25) is 0 Å². The molecule has 4 N–H and O–H groups in total. The van der Waals surface area contributed by atoms with E-state index >= 15 is 0 Å². The smallest absolute Gasteiger partial charge is 0.240 e. The summed E-state index contributed by atoms with van der Waals surface area (Å²) in [5, 5.41) is 4.70. The highest BCUT2D eigenvalue weighted by Crippen LogP contribution is 2.32. The fraction of sp³-hybridized carbons (Fsp3) is 0.571. The fourth-order valence-corrected chi connectivity index (χ4v) is 3.85. The minimum absolute atomic E-state index is 0.478. The fourth-order valence-electron chi connectivity index (χ4n) is 2.98. The average Bonchev–Trinajstić information content (AvgIpc) is 2.79. The number of hydrazine groups is 1. The third-order valence-electron chi connectivity index (χ3n) is 3.92. The van der Waals surface area contributed by atoms with Crippen molar-refractivity contribution in [3.63, 3.8) is 0 Å². The number of nitrogens with two attached hydrogens (primary N) is 1. The molecule has 0 saturated heterocycles. The molecular formula is C14H21N5S. The summed E-state index contributed by atoms with van der Waals surface area (Å²) in [6.45, 7) is 4.42. The highest BCUT2D eigenvalue weighted by atomic mass is 32.1. The molecule has 0 bridgehead atoms. The number of nitrogen functional groups attached to an aromatic ring is 1. The van der Waals surface area contributed by atoms with E-state index in [1.165, 1.54) is 30.6 Å². The number of nitrogens with zero attached hydrogens (tertiary/aromatic N) is 2. The first kappa shape index (κ1) is 13.6. The number of hydrogen-bond donors (Lipinski definition) is 3. The molecular weight excluding hydrogens is 270 g/mol. The molecule has 2 atom stereocenters. The molecule has 0 amide bonds. The van der Waals surface area contributed by atoms with Gasteiger partial charge in [-0.1, -0.05) is 19.8 Å². The van der Waals surface area contributed by atoms with Gasteiger partial charge in [-0.2, -0.15) is 4.98 Å². The van der Waals surface area contributed by atoms with E-state index in [9.17, 15) is 0 Å². The van der Waals surface area contributed by atoms with Crippen molar-refractivity contribution < 1.29 is 0 Å². The first-order valence-corrected chi connectivity index (χ1v) is 7.98. The molecule has 1 saturated carbocycles. The minimum Gasteiger partial charge on any atom is -0.367 e. The first-order valence-electron chi connectivity index (χ1n) is 7.17. The molecule has 0 spiro atoms. The molecule has 5 nitrogen and oxygen atoms in total. The Morgan fingerprint density at radius 2 is 2.20 bits per heavy atom.